The van der Waals surface area contributed by atoms with Gasteiger partial charge in [0.1, 0.15) is 0 Å². The van der Waals surface area contributed by atoms with Crippen LogP contribution in [0.2, 0.25) is 10.0 Å². The Bertz CT molecular complexity index is 443. The van der Waals surface area contributed by atoms with Crippen LogP contribution in [-0.4, -0.2) is 11.2 Å². The molecule has 0 aliphatic rings. The molecule has 0 saturated carbocycles. The molecule has 1 aromatic carbocycles. The van der Waals surface area contributed by atoms with Crippen molar-refractivity contribution >= 4 is 23.2 Å². The average Bonchev–Trinajstić information content (AvgIpc) is 2.22. The second-order valence-corrected chi connectivity index (χ2v) is 6.13. The highest BCUT2D eigenvalue weighted by Crippen LogP contribution is 2.25. The third kappa shape index (κ3) is 5.31. The third-order valence-corrected chi connectivity index (χ3v) is 3.01. The summed E-state index contributed by atoms with van der Waals surface area (Å²) < 4.78 is 0. The van der Waals surface area contributed by atoms with Crippen molar-refractivity contribution in [2.24, 2.45) is 5.41 Å². The minimum absolute atomic E-state index is 0.0399. The van der Waals surface area contributed by atoms with Crippen LogP contribution in [0.4, 0.5) is 0 Å². The Morgan fingerprint density at radius 2 is 1.78 bits per heavy atom. The van der Waals surface area contributed by atoms with Gasteiger partial charge in [-0.15, -0.1) is 5.92 Å². The molecule has 0 saturated heterocycles. The summed E-state index contributed by atoms with van der Waals surface area (Å²) in [5.41, 5.74) is 0.743. The molecule has 1 N–H and O–H groups in total. The van der Waals surface area contributed by atoms with E-state index in [2.05, 4.69) is 11.8 Å². The van der Waals surface area contributed by atoms with Gasteiger partial charge in [-0.3, -0.25) is 0 Å². The number of hydrogen-bond donors (Lipinski definition) is 1. The molecule has 0 aliphatic carbocycles. The highest BCUT2D eigenvalue weighted by Gasteiger charge is 2.11. The van der Waals surface area contributed by atoms with Gasteiger partial charge in [0.2, 0.25) is 0 Å². The van der Waals surface area contributed by atoms with E-state index >= 15 is 0 Å². The van der Waals surface area contributed by atoms with Crippen molar-refractivity contribution in [3.05, 3.63) is 33.8 Å². The molecular formula is C15H18Cl2O. The first-order valence-corrected chi connectivity index (χ1v) is 6.66. The average molecular weight is 285 g/mol. The van der Waals surface area contributed by atoms with Crippen LogP contribution in [0.15, 0.2) is 18.2 Å². The Kier molecular flexibility index (Phi) is 5.53. The first-order chi connectivity index (χ1) is 8.29. The molecule has 0 spiro atoms. The lowest BCUT2D eigenvalue weighted by atomic mass is 9.97. The molecule has 1 nitrogen and oxygen atoms in total. The molecule has 0 amide bonds. The fourth-order valence-electron chi connectivity index (χ4n) is 1.47. The predicted molar refractivity (Wildman–Crippen MR) is 78.0 cm³/mol. The molecule has 1 aromatic rings. The van der Waals surface area contributed by atoms with Crippen LogP contribution < -0.4 is 0 Å². The predicted octanol–water partition coefficient (Wildman–Crippen LogP) is 4.34. The van der Waals surface area contributed by atoms with Crippen LogP contribution in [0.3, 0.4) is 0 Å². The molecule has 3 heteroatoms. The van der Waals surface area contributed by atoms with Gasteiger partial charge in [0.05, 0.1) is 6.10 Å². The van der Waals surface area contributed by atoms with Gasteiger partial charge < -0.3 is 5.11 Å². The minimum atomic E-state index is -0.544. The summed E-state index contributed by atoms with van der Waals surface area (Å²) in [5, 5.41) is 11.1. The van der Waals surface area contributed by atoms with Gasteiger partial charge in [0, 0.05) is 28.3 Å². The minimum Gasteiger partial charge on any atom is -0.392 e. The maximum absolute atomic E-state index is 9.93. The molecule has 1 unspecified atom stereocenters. The van der Waals surface area contributed by atoms with Crippen LogP contribution in [0, 0.1) is 17.3 Å². The Morgan fingerprint density at radius 3 is 2.28 bits per heavy atom. The summed E-state index contributed by atoms with van der Waals surface area (Å²) in [5.74, 6) is 6.09. The van der Waals surface area contributed by atoms with E-state index in [1.165, 1.54) is 0 Å². The summed E-state index contributed by atoms with van der Waals surface area (Å²) in [6, 6.07) is 5.34. The molecule has 0 bridgehead atoms. The van der Waals surface area contributed by atoms with Gasteiger partial charge in [-0.2, -0.15) is 0 Å². The molecule has 1 rings (SSSR count). The van der Waals surface area contributed by atoms with Crippen LogP contribution >= 0.6 is 23.2 Å². The van der Waals surface area contributed by atoms with Crippen molar-refractivity contribution in [3.63, 3.8) is 0 Å². The van der Waals surface area contributed by atoms with Gasteiger partial charge in [0.15, 0.2) is 0 Å². The smallest absolute Gasteiger partial charge is 0.0690 e. The van der Waals surface area contributed by atoms with Crippen molar-refractivity contribution in [2.45, 2.75) is 39.7 Å². The summed E-state index contributed by atoms with van der Waals surface area (Å²) in [6.45, 7) is 6.12. The Labute approximate surface area is 119 Å². The second kappa shape index (κ2) is 6.48. The van der Waals surface area contributed by atoms with Crippen molar-refractivity contribution in [3.8, 4) is 11.8 Å². The number of benzene rings is 1. The molecule has 1 atom stereocenters. The Morgan fingerprint density at radius 1 is 1.22 bits per heavy atom. The van der Waals surface area contributed by atoms with Crippen molar-refractivity contribution < 1.29 is 5.11 Å². The van der Waals surface area contributed by atoms with E-state index in [0.717, 1.165) is 5.56 Å². The lowest BCUT2D eigenvalue weighted by molar-refractivity contribution is 0.180. The summed E-state index contributed by atoms with van der Waals surface area (Å²) in [7, 11) is 0. The molecule has 0 radical (unpaired) electrons. The quantitative estimate of drug-likeness (QED) is 0.819. The molecule has 98 valence electrons. The molecular weight excluding hydrogens is 267 g/mol. The highest BCUT2D eigenvalue weighted by molar-refractivity contribution is 6.35. The second-order valence-electron chi connectivity index (χ2n) is 5.31. The van der Waals surface area contributed by atoms with Crippen molar-refractivity contribution in [1.29, 1.82) is 0 Å². The number of halogens is 2. The zero-order valence-electron chi connectivity index (χ0n) is 10.9. The number of aliphatic hydroxyl groups is 1. The normalized spacial score (nSPS) is 12.8. The lowest BCUT2D eigenvalue weighted by Gasteiger charge is -2.11. The standard InChI is InChI=1S/C15H18Cl2O/c1-15(2,3)9-5-6-11(18)10-12-13(16)7-4-8-14(12)17/h4,7-8,11,18H,6,10H2,1-3H3. The van der Waals surface area contributed by atoms with E-state index < -0.39 is 6.10 Å². The maximum Gasteiger partial charge on any atom is 0.0690 e. The van der Waals surface area contributed by atoms with Gasteiger partial charge in [-0.25, -0.2) is 0 Å². The van der Waals surface area contributed by atoms with E-state index in [9.17, 15) is 5.11 Å². The number of rotatable bonds is 3. The summed E-state index contributed by atoms with van der Waals surface area (Å²) in [6.07, 6.45) is 0.313. The first-order valence-electron chi connectivity index (χ1n) is 5.90. The molecule has 18 heavy (non-hydrogen) atoms. The topological polar surface area (TPSA) is 20.2 Å². The van der Waals surface area contributed by atoms with E-state index in [0.29, 0.717) is 22.9 Å². The first kappa shape index (κ1) is 15.4. The van der Waals surface area contributed by atoms with Gasteiger partial charge in [-0.05, 0) is 38.5 Å². The van der Waals surface area contributed by atoms with E-state index in [-0.39, 0.29) is 5.41 Å². The fraction of sp³-hybridized carbons (Fsp3) is 0.467. The zero-order valence-corrected chi connectivity index (χ0v) is 12.4. The van der Waals surface area contributed by atoms with E-state index in [1.807, 2.05) is 20.8 Å². The zero-order chi connectivity index (χ0) is 13.8. The van der Waals surface area contributed by atoms with Crippen LogP contribution in [0.1, 0.15) is 32.8 Å². The van der Waals surface area contributed by atoms with Gasteiger partial charge in [0.25, 0.3) is 0 Å². The third-order valence-electron chi connectivity index (χ3n) is 2.30. The van der Waals surface area contributed by atoms with Gasteiger partial charge >= 0.3 is 0 Å². The lowest BCUT2D eigenvalue weighted by Crippen LogP contribution is -2.10. The highest BCUT2D eigenvalue weighted by atomic mass is 35.5. The van der Waals surface area contributed by atoms with E-state index in [1.54, 1.807) is 18.2 Å². The Hall–Kier alpha value is -0.680. The van der Waals surface area contributed by atoms with E-state index in [4.69, 9.17) is 23.2 Å². The van der Waals surface area contributed by atoms with Crippen molar-refractivity contribution in [2.75, 3.05) is 0 Å². The fourth-order valence-corrected chi connectivity index (χ4v) is 2.02. The largest absolute Gasteiger partial charge is 0.392 e. The SMILES string of the molecule is CC(C)(C)C#CCC(O)Cc1c(Cl)cccc1Cl. The number of hydrogen-bond acceptors (Lipinski definition) is 1. The summed E-state index contributed by atoms with van der Waals surface area (Å²) in [4.78, 5) is 0. The molecule has 0 fully saturated rings. The number of aliphatic hydroxyl groups excluding tert-OH is 1. The molecule has 0 aromatic heterocycles. The van der Waals surface area contributed by atoms with Crippen LogP contribution in [0.5, 0.6) is 0 Å². The van der Waals surface area contributed by atoms with Crippen LogP contribution in [0.25, 0.3) is 0 Å². The Balaban J connectivity index is 2.65. The molecule has 0 aliphatic heterocycles. The van der Waals surface area contributed by atoms with Crippen LogP contribution in [-0.2, 0) is 6.42 Å². The van der Waals surface area contributed by atoms with Crippen molar-refractivity contribution in [1.82, 2.24) is 0 Å². The monoisotopic (exact) mass is 284 g/mol. The summed E-state index contributed by atoms with van der Waals surface area (Å²) >= 11 is 12.1. The van der Waals surface area contributed by atoms with Gasteiger partial charge in [-0.1, -0.05) is 35.2 Å². The molecule has 0 heterocycles. The maximum atomic E-state index is 9.93.